The molecule has 2 aliphatic heterocycles. The van der Waals surface area contributed by atoms with E-state index in [1.54, 1.807) is 12.3 Å². The quantitative estimate of drug-likeness (QED) is 0.911. The Morgan fingerprint density at radius 1 is 1.35 bits per heavy atom. The largest absolute Gasteiger partial charge is 0.393 e. The van der Waals surface area contributed by atoms with Gasteiger partial charge in [-0.2, -0.15) is 0 Å². The van der Waals surface area contributed by atoms with Crippen molar-refractivity contribution in [3.8, 4) is 0 Å². The van der Waals surface area contributed by atoms with Gasteiger partial charge in [0.15, 0.2) is 0 Å². The second-order valence-electron chi connectivity index (χ2n) is 5.46. The summed E-state index contributed by atoms with van der Waals surface area (Å²) in [5.74, 6) is 0.885. The van der Waals surface area contributed by atoms with Gasteiger partial charge in [-0.3, -0.25) is 0 Å². The average Bonchev–Trinajstić information content (AvgIpc) is 2.88. The molecule has 0 radical (unpaired) electrons. The number of nitrogens with zero attached hydrogens (tertiary/aromatic N) is 2. The number of halogens is 2. The highest BCUT2D eigenvalue weighted by Gasteiger charge is 2.38. The van der Waals surface area contributed by atoms with Gasteiger partial charge in [-0.25, -0.2) is 4.98 Å². The highest BCUT2D eigenvalue weighted by Crippen LogP contribution is 2.36. The SMILES string of the molecule is O[C@@H]1CCOC[C@H]1[C@@H]1CCCN1c1ncc(Cl)cc1Cl. The molecule has 0 saturated carbocycles. The van der Waals surface area contributed by atoms with Gasteiger partial charge in [-0.1, -0.05) is 23.2 Å². The zero-order valence-corrected chi connectivity index (χ0v) is 12.6. The molecular weight excluding hydrogens is 299 g/mol. The Kier molecular flexibility index (Phi) is 4.36. The summed E-state index contributed by atoms with van der Waals surface area (Å²) in [5.41, 5.74) is 0. The zero-order valence-electron chi connectivity index (χ0n) is 11.1. The van der Waals surface area contributed by atoms with Crippen LogP contribution in [0.3, 0.4) is 0 Å². The number of hydrogen-bond acceptors (Lipinski definition) is 4. The summed E-state index contributed by atoms with van der Waals surface area (Å²) in [5, 5.41) is 11.3. The molecule has 6 heteroatoms. The second kappa shape index (κ2) is 6.06. The lowest BCUT2D eigenvalue weighted by atomic mass is 9.89. The van der Waals surface area contributed by atoms with E-state index in [4.69, 9.17) is 27.9 Å². The Labute approximate surface area is 128 Å². The predicted molar refractivity (Wildman–Crippen MR) is 79.6 cm³/mol. The maximum atomic E-state index is 10.2. The molecule has 0 unspecified atom stereocenters. The van der Waals surface area contributed by atoms with Crippen molar-refractivity contribution < 1.29 is 9.84 Å². The third-order valence-corrected chi connectivity index (χ3v) is 4.70. The van der Waals surface area contributed by atoms with Crippen molar-refractivity contribution >= 4 is 29.0 Å². The van der Waals surface area contributed by atoms with Crippen LogP contribution in [0.1, 0.15) is 19.3 Å². The van der Waals surface area contributed by atoms with Crippen LogP contribution in [0.5, 0.6) is 0 Å². The van der Waals surface area contributed by atoms with Gasteiger partial charge in [0.25, 0.3) is 0 Å². The highest BCUT2D eigenvalue weighted by atomic mass is 35.5. The summed E-state index contributed by atoms with van der Waals surface area (Å²) in [6.07, 6.45) is 4.13. The van der Waals surface area contributed by atoms with Crippen molar-refractivity contribution in [3.05, 3.63) is 22.3 Å². The lowest BCUT2D eigenvalue weighted by molar-refractivity contribution is -0.0438. The van der Waals surface area contributed by atoms with Crippen LogP contribution in [0.15, 0.2) is 12.3 Å². The second-order valence-corrected chi connectivity index (χ2v) is 6.30. The van der Waals surface area contributed by atoms with Crippen molar-refractivity contribution in [2.24, 2.45) is 5.92 Å². The first-order valence-electron chi connectivity index (χ1n) is 7.00. The summed E-state index contributed by atoms with van der Waals surface area (Å²) >= 11 is 12.2. The standard InChI is InChI=1S/C14H18Cl2N2O2/c15-9-6-11(16)14(17-7-9)18-4-1-2-12(18)10-8-20-5-3-13(10)19/h6-7,10,12-13,19H,1-5,8H2/t10-,12-,13+/m0/s1. The average molecular weight is 317 g/mol. The Morgan fingerprint density at radius 2 is 2.20 bits per heavy atom. The first-order valence-corrected chi connectivity index (χ1v) is 7.76. The molecule has 2 aliphatic rings. The normalized spacial score (nSPS) is 30.8. The molecule has 0 aromatic carbocycles. The van der Waals surface area contributed by atoms with Crippen LogP contribution in [-0.4, -0.2) is 42.0 Å². The smallest absolute Gasteiger partial charge is 0.147 e. The molecule has 0 spiro atoms. The van der Waals surface area contributed by atoms with E-state index in [9.17, 15) is 5.11 Å². The van der Waals surface area contributed by atoms with Crippen molar-refractivity contribution in [2.45, 2.75) is 31.4 Å². The van der Waals surface area contributed by atoms with Crippen LogP contribution in [-0.2, 0) is 4.74 Å². The Bertz CT molecular complexity index is 486. The van der Waals surface area contributed by atoms with E-state index < -0.39 is 0 Å². The van der Waals surface area contributed by atoms with Crippen LogP contribution < -0.4 is 4.90 Å². The van der Waals surface area contributed by atoms with Crippen LogP contribution in [0.2, 0.25) is 10.0 Å². The third-order valence-electron chi connectivity index (χ3n) is 4.22. The fourth-order valence-electron chi connectivity index (χ4n) is 3.24. The van der Waals surface area contributed by atoms with Gasteiger partial charge < -0.3 is 14.7 Å². The summed E-state index contributed by atoms with van der Waals surface area (Å²) in [7, 11) is 0. The van der Waals surface area contributed by atoms with E-state index in [0.29, 0.717) is 29.7 Å². The lowest BCUT2D eigenvalue weighted by Gasteiger charge is -2.37. The molecule has 4 nitrogen and oxygen atoms in total. The summed E-state index contributed by atoms with van der Waals surface area (Å²) < 4.78 is 5.54. The number of aliphatic hydroxyl groups excluding tert-OH is 1. The third kappa shape index (κ3) is 2.75. The van der Waals surface area contributed by atoms with Gasteiger partial charge in [0.05, 0.1) is 22.8 Å². The molecule has 20 heavy (non-hydrogen) atoms. The number of pyridine rings is 1. The molecule has 1 N–H and O–H groups in total. The van der Waals surface area contributed by atoms with Crippen LogP contribution >= 0.6 is 23.2 Å². The Balaban J connectivity index is 1.84. The van der Waals surface area contributed by atoms with Crippen molar-refractivity contribution in [3.63, 3.8) is 0 Å². The topological polar surface area (TPSA) is 45.6 Å². The van der Waals surface area contributed by atoms with Gasteiger partial charge in [0.2, 0.25) is 0 Å². The van der Waals surface area contributed by atoms with Crippen LogP contribution in [0.25, 0.3) is 0 Å². The van der Waals surface area contributed by atoms with E-state index in [-0.39, 0.29) is 18.1 Å². The minimum Gasteiger partial charge on any atom is -0.393 e. The number of rotatable bonds is 2. The number of hydrogen-bond donors (Lipinski definition) is 1. The molecule has 0 amide bonds. The molecule has 1 aromatic rings. The van der Waals surface area contributed by atoms with Gasteiger partial charge >= 0.3 is 0 Å². The summed E-state index contributed by atoms with van der Waals surface area (Å²) in [6, 6.07) is 1.95. The maximum Gasteiger partial charge on any atom is 0.147 e. The Hall–Kier alpha value is -0.550. The molecule has 110 valence electrons. The van der Waals surface area contributed by atoms with E-state index in [0.717, 1.165) is 25.2 Å². The van der Waals surface area contributed by atoms with Crippen molar-refractivity contribution in [1.82, 2.24) is 4.98 Å². The molecule has 1 aromatic heterocycles. The van der Waals surface area contributed by atoms with Crippen molar-refractivity contribution in [1.29, 1.82) is 0 Å². The number of anilines is 1. The number of ether oxygens (including phenoxy) is 1. The molecule has 3 rings (SSSR count). The fourth-order valence-corrected chi connectivity index (χ4v) is 3.72. The van der Waals surface area contributed by atoms with Crippen LogP contribution in [0, 0.1) is 5.92 Å². The predicted octanol–water partition coefficient (Wildman–Crippen LogP) is 2.75. The van der Waals surface area contributed by atoms with Gasteiger partial charge in [0, 0.05) is 31.3 Å². The summed E-state index contributed by atoms with van der Waals surface area (Å²) in [4.78, 5) is 6.57. The molecular formula is C14H18Cl2N2O2. The van der Waals surface area contributed by atoms with Gasteiger partial charge in [0.1, 0.15) is 5.82 Å². The monoisotopic (exact) mass is 316 g/mol. The molecule has 3 atom stereocenters. The first kappa shape index (κ1) is 14.4. The highest BCUT2D eigenvalue weighted by molar-refractivity contribution is 6.36. The maximum absolute atomic E-state index is 10.2. The zero-order chi connectivity index (χ0) is 14.1. The molecule has 2 saturated heterocycles. The van der Waals surface area contributed by atoms with E-state index in [1.807, 2.05) is 0 Å². The van der Waals surface area contributed by atoms with E-state index in [1.165, 1.54) is 0 Å². The minimum atomic E-state index is -0.305. The van der Waals surface area contributed by atoms with Gasteiger partial charge in [-0.05, 0) is 25.3 Å². The minimum absolute atomic E-state index is 0.125. The van der Waals surface area contributed by atoms with Crippen molar-refractivity contribution in [2.75, 3.05) is 24.7 Å². The number of aliphatic hydroxyl groups is 1. The number of aromatic nitrogens is 1. The summed E-state index contributed by atoms with van der Waals surface area (Å²) in [6.45, 7) is 2.15. The van der Waals surface area contributed by atoms with E-state index >= 15 is 0 Å². The van der Waals surface area contributed by atoms with Gasteiger partial charge in [-0.15, -0.1) is 0 Å². The Morgan fingerprint density at radius 3 is 2.95 bits per heavy atom. The van der Waals surface area contributed by atoms with Crippen LogP contribution in [0.4, 0.5) is 5.82 Å². The van der Waals surface area contributed by atoms with E-state index in [2.05, 4.69) is 9.88 Å². The lowest BCUT2D eigenvalue weighted by Crippen LogP contribution is -2.46. The molecule has 2 fully saturated rings. The first-order chi connectivity index (χ1) is 9.66. The molecule has 0 aliphatic carbocycles. The molecule has 3 heterocycles. The fraction of sp³-hybridized carbons (Fsp3) is 0.643. The molecule has 0 bridgehead atoms.